The molecule has 1 heterocycles. The minimum absolute atomic E-state index is 0.0509. The van der Waals surface area contributed by atoms with Crippen LogP contribution < -0.4 is 10.6 Å². The third kappa shape index (κ3) is 4.99. The second-order valence-corrected chi connectivity index (χ2v) is 8.84. The summed E-state index contributed by atoms with van der Waals surface area (Å²) in [5.41, 5.74) is 1.31. The molecule has 156 valence electrons. The highest BCUT2D eigenvalue weighted by molar-refractivity contribution is 5.86. The summed E-state index contributed by atoms with van der Waals surface area (Å²) in [4.78, 5) is 15.0. The molecule has 4 nitrogen and oxygen atoms in total. The van der Waals surface area contributed by atoms with Gasteiger partial charge in [-0.15, -0.1) is 0 Å². The lowest BCUT2D eigenvalue weighted by atomic mass is 9.96. The number of likely N-dealkylation sites (tertiary alicyclic amines) is 1. The smallest absolute Gasteiger partial charge is 0.237 e. The van der Waals surface area contributed by atoms with Crippen molar-refractivity contribution in [1.82, 2.24) is 15.5 Å². The summed E-state index contributed by atoms with van der Waals surface area (Å²) < 4.78 is 0. The van der Waals surface area contributed by atoms with Gasteiger partial charge in [0.1, 0.15) is 0 Å². The van der Waals surface area contributed by atoms with Gasteiger partial charge in [0.25, 0.3) is 0 Å². The molecule has 2 aromatic carbocycles. The number of carbonyl (C=O) groups is 1. The number of fused-ring (bicyclic) bond motifs is 1. The molecule has 4 rings (SSSR count). The number of carbonyl (C=O) groups excluding carboxylic acids is 1. The van der Waals surface area contributed by atoms with Crippen LogP contribution in [0.5, 0.6) is 0 Å². The predicted octanol–water partition coefficient (Wildman–Crippen LogP) is 4.23. The molecular weight excluding hydrogens is 358 g/mol. The summed E-state index contributed by atoms with van der Waals surface area (Å²) in [5.74, 6) is 0.146. The standard InChI is InChI=1S/C25H35N3O/c1-26-25(29)24-16-22(27-21-13-5-3-2-4-6-14-21)18-28(24)17-20-12-9-11-19-10-7-8-15-23(19)20/h7-12,15,21-22,24,27H,2-6,13-14,16-18H2,1H3,(H,26,29)/t22-,24+/m1/s1. The van der Waals surface area contributed by atoms with Gasteiger partial charge in [0, 0.05) is 32.2 Å². The van der Waals surface area contributed by atoms with Crippen molar-refractivity contribution in [3.8, 4) is 0 Å². The van der Waals surface area contributed by atoms with Crippen molar-refractivity contribution in [2.45, 2.75) is 76.0 Å². The Morgan fingerprint density at radius 3 is 2.48 bits per heavy atom. The molecule has 1 saturated carbocycles. The molecule has 0 spiro atoms. The Morgan fingerprint density at radius 2 is 1.69 bits per heavy atom. The lowest BCUT2D eigenvalue weighted by molar-refractivity contribution is -0.125. The highest BCUT2D eigenvalue weighted by Gasteiger charge is 2.37. The van der Waals surface area contributed by atoms with Crippen LogP contribution in [-0.2, 0) is 11.3 Å². The number of hydrogen-bond acceptors (Lipinski definition) is 3. The van der Waals surface area contributed by atoms with Crippen LogP contribution in [-0.4, -0.2) is 42.5 Å². The van der Waals surface area contributed by atoms with Crippen LogP contribution in [0.25, 0.3) is 10.8 Å². The molecule has 0 aromatic heterocycles. The van der Waals surface area contributed by atoms with E-state index in [9.17, 15) is 4.79 Å². The maximum absolute atomic E-state index is 12.6. The van der Waals surface area contributed by atoms with Crippen LogP contribution in [0.4, 0.5) is 0 Å². The van der Waals surface area contributed by atoms with Gasteiger partial charge in [-0.05, 0) is 35.6 Å². The Labute approximate surface area is 175 Å². The van der Waals surface area contributed by atoms with E-state index in [1.54, 1.807) is 7.05 Å². The second-order valence-electron chi connectivity index (χ2n) is 8.84. The van der Waals surface area contributed by atoms with Crippen molar-refractivity contribution in [3.05, 3.63) is 48.0 Å². The van der Waals surface area contributed by atoms with E-state index in [1.165, 1.54) is 61.3 Å². The zero-order valence-electron chi connectivity index (χ0n) is 17.7. The summed E-state index contributed by atoms with van der Waals surface area (Å²) in [7, 11) is 1.76. The van der Waals surface area contributed by atoms with Crippen molar-refractivity contribution in [3.63, 3.8) is 0 Å². The van der Waals surface area contributed by atoms with Crippen LogP contribution >= 0.6 is 0 Å². The quantitative estimate of drug-likeness (QED) is 0.799. The molecule has 2 fully saturated rings. The minimum atomic E-state index is -0.0509. The molecule has 4 heteroatoms. The van der Waals surface area contributed by atoms with Crippen molar-refractivity contribution < 1.29 is 4.79 Å². The fourth-order valence-electron chi connectivity index (χ4n) is 5.24. The summed E-state index contributed by atoms with van der Waals surface area (Å²) in [6.07, 6.45) is 10.3. The fourth-order valence-corrected chi connectivity index (χ4v) is 5.24. The maximum atomic E-state index is 12.6. The first-order valence-electron chi connectivity index (χ1n) is 11.4. The first kappa shape index (κ1) is 20.4. The molecule has 1 amide bonds. The van der Waals surface area contributed by atoms with Gasteiger partial charge < -0.3 is 10.6 Å². The number of benzene rings is 2. The Balaban J connectivity index is 1.47. The molecular formula is C25H35N3O. The lowest BCUT2D eigenvalue weighted by Crippen LogP contribution is -2.41. The van der Waals surface area contributed by atoms with Crippen LogP contribution in [0.15, 0.2) is 42.5 Å². The Kier molecular flexibility index (Phi) is 6.83. The Hall–Kier alpha value is -1.91. The summed E-state index contributed by atoms with van der Waals surface area (Å²) in [5, 5.41) is 9.38. The zero-order chi connectivity index (χ0) is 20.1. The molecule has 0 unspecified atom stereocenters. The van der Waals surface area contributed by atoms with Crippen molar-refractivity contribution >= 4 is 16.7 Å². The molecule has 2 aliphatic rings. The second kappa shape index (κ2) is 9.73. The van der Waals surface area contributed by atoms with Gasteiger partial charge >= 0.3 is 0 Å². The number of likely N-dealkylation sites (N-methyl/N-ethyl adjacent to an activating group) is 1. The van der Waals surface area contributed by atoms with Crippen LogP contribution in [0, 0.1) is 0 Å². The normalized spacial score (nSPS) is 24.3. The molecule has 2 atom stereocenters. The SMILES string of the molecule is CNC(=O)[C@@H]1C[C@@H](NC2CCCCCCC2)CN1Cc1cccc2ccccc12. The van der Waals surface area contributed by atoms with E-state index in [2.05, 4.69) is 58.0 Å². The Bertz CT molecular complexity index is 807. The van der Waals surface area contributed by atoms with E-state index in [0.29, 0.717) is 12.1 Å². The van der Waals surface area contributed by atoms with Gasteiger partial charge in [-0.1, -0.05) is 74.6 Å². The summed E-state index contributed by atoms with van der Waals surface area (Å²) in [6.45, 7) is 1.76. The number of hydrogen-bond donors (Lipinski definition) is 2. The zero-order valence-corrected chi connectivity index (χ0v) is 17.7. The third-order valence-electron chi connectivity index (χ3n) is 6.78. The molecule has 2 aromatic rings. The number of amides is 1. The molecule has 2 N–H and O–H groups in total. The minimum Gasteiger partial charge on any atom is -0.358 e. The van der Waals surface area contributed by atoms with E-state index in [-0.39, 0.29) is 11.9 Å². The molecule has 0 radical (unpaired) electrons. The number of nitrogens with zero attached hydrogens (tertiary/aromatic N) is 1. The van der Waals surface area contributed by atoms with Crippen LogP contribution in [0.1, 0.15) is 56.9 Å². The average molecular weight is 394 g/mol. The van der Waals surface area contributed by atoms with Gasteiger partial charge in [-0.3, -0.25) is 9.69 Å². The lowest BCUT2D eigenvalue weighted by Gasteiger charge is -2.25. The van der Waals surface area contributed by atoms with E-state index < -0.39 is 0 Å². The maximum Gasteiger partial charge on any atom is 0.237 e. The van der Waals surface area contributed by atoms with Gasteiger partial charge in [-0.2, -0.15) is 0 Å². The van der Waals surface area contributed by atoms with Crippen molar-refractivity contribution in [1.29, 1.82) is 0 Å². The number of nitrogens with one attached hydrogen (secondary N) is 2. The summed E-state index contributed by atoms with van der Waals surface area (Å²) >= 11 is 0. The predicted molar refractivity (Wildman–Crippen MR) is 120 cm³/mol. The number of rotatable bonds is 5. The van der Waals surface area contributed by atoms with Crippen LogP contribution in [0.2, 0.25) is 0 Å². The van der Waals surface area contributed by atoms with Gasteiger partial charge in [-0.25, -0.2) is 0 Å². The topological polar surface area (TPSA) is 44.4 Å². The van der Waals surface area contributed by atoms with Gasteiger partial charge in [0.15, 0.2) is 0 Å². The first-order chi connectivity index (χ1) is 14.2. The monoisotopic (exact) mass is 393 g/mol. The fraction of sp³-hybridized carbons (Fsp3) is 0.560. The Morgan fingerprint density at radius 1 is 0.966 bits per heavy atom. The van der Waals surface area contributed by atoms with Gasteiger partial charge in [0.2, 0.25) is 5.91 Å². The van der Waals surface area contributed by atoms with E-state index in [1.807, 2.05) is 0 Å². The molecule has 1 saturated heterocycles. The molecule has 1 aliphatic heterocycles. The third-order valence-corrected chi connectivity index (χ3v) is 6.78. The van der Waals surface area contributed by atoms with Gasteiger partial charge in [0.05, 0.1) is 6.04 Å². The van der Waals surface area contributed by atoms with Crippen molar-refractivity contribution in [2.75, 3.05) is 13.6 Å². The first-order valence-corrected chi connectivity index (χ1v) is 11.4. The molecule has 1 aliphatic carbocycles. The van der Waals surface area contributed by atoms with E-state index >= 15 is 0 Å². The molecule has 29 heavy (non-hydrogen) atoms. The summed E-state index contributed by atoms with van der Waals surface area (Å²) in [6, 6.07) is 16.0. The van der Waals surface area contributed by atoms with E-state index in [4.69, 9.17) is 0 Å². The largest absolute Gasteiger partial charge is 0.358 e. The molecule has 0 bridgehead atoms. The highest BCUT2D eigenvalue weighted by atomic mass is 16.2. The van der Waals surface area contributed by atoms with E-state index in [0.717, 1.165) is 19.5 Å². The van der Waals surface area contributed by atoms with Crippen LogP contribution in [0.3, 0.4) is 0 Å². The highest BCUT2D eigenvalue weighted by Crippen LogP contribution is 2.26. The average Bonchev–Trinajstić information content (AvgIpc) is 3.12. The van der Waals surface area contributed by atoms with Crippen molar-refractivity contribution in [2.24, 2.45) is 0 Å².